The lowest BCUT2D eigenvalue weighted by Crippen LogP contribution is -2.50. The Bertz CT molecular complexity index is 1040. The summed E-state index contributed by atoms with van der Waals surface area (Å²) in [4.78, 5) is 36.9. The van der Waals surface area contributed by atoms with Crippen molar-refractivity contribution in [3.8, 4) is 0 Å². The number of carbonyl (C=O) groups is 3. The highest BCUT2D eigenvalue weighted by atomic mass is 16.6. The van der Waals surface area contributed by atoms with Crippen LogP contribution >= 0.6 is 0 Å². The Hall–Kier alpha value is -2.71. The van der Waals surface area contributed by atoms with E-state index < -0.39 is 18.1 Å². The predicted molar refractivity (Wildman–Crippen MR) is 229 cm³/mol. The number of hydrogen-bond donors (Lipinski definition) is 1. The van der Waals surface area contributed by atoms with Gasteiger partial charge in [-0.15, -0.1) is 0 Å². The van der Waals surface area contributed by atoms with E-state index >= 15 is 0 Å². The van der Waals surface area contributed by atoms with Crippen molar-refractivity contribution in [1.29, 1.82) is 0 Å². The van der Waals surface area contributed by atoms with Crippen molar-refractivity contribution in [2.24, 2.45) is 0 Å². The first-order chi connectivity index (χ1) is 26.6. The number of allylic oxidation sites excluding steroid dienone is 8. The van der Waals surface area contributed by atoms with Gasteiger partial charge in [0.05, 0.1) is 34.4 Å². The fourth-order valence-electron chi connectivity index (χ4n) is 6.32. The second-order valence-corrected chi connectivity index (χ2v) is 15.9. The number of aliphatic carboxylic acids is 1. The summed E-state index contributed by atoms with van der Waals surface area (Å²) in [6.45, 7) is 4.60. The van der Waals surface area contributed by atoms with Gasteiger partial charge in [-0.05, 0) is 51.4 Å². The molecule has 0 aliphatic carbocycles. The molecule has 0 heterocycles. The molecule has 2 unspecified atom stereocenters. The molecule has 2 atom stereocenters. The molecule has 0 rings (SSSR count). The quantitative estimate of drug-likeness (QED) is 0.0287. The monoisotopic (exact) mass is 775 g/mol. The van der Waals surface area contributed by atoms with Crippen LogP contribution in [0.25, 0.3) is 0 Å². The van der Waals surface area contributed by atoms with E-state index in [9.17, 15) is 19.5 Å². The van der Waals surface area contributed by atoms with Crippen LogP contribution in [-0.4, -0.2) is 80.6 Å². The zero-order valence-corrected chi connectivity index (χ0v) is 36.1. The SMILES string of the molecule is CC/C=C/C/C=C/C/C=C/C/C=C/CCCCCCCCCC(=O)OC(COCCC(C(=O)O)[N+](C)(C)C)COC(=O)CCCCCCCCCCCCC. The van der Waals surface area contributed by atoms with Crippen molar-refractivity contribution in [2.75, 3.05) is 41.0 Å². The number of esters is 2. The molecule has 318 valence electrons. The highest BCUT2D eigenvalue weighted by Crippen LogP contribution is 2.14. The summed E-state index contributed by atoms with van der Waals surface area (Å²) in [7, 11) is 5.52. The van der Waals surface area contributed by atoms with Gasteiger partial charge in [0, 0.05) is 19.3 Å². The van der Waals surface area contributed by atoms with E-state index in [1.807, 2.05) is 21.1 Å². The van der Waals surface area contributed by atoms with E-state index in [1.54, 1.807) is 0 Å². The number of carbonyl (C=O) groups excluding carboxylic acids is 2. The van der Waals surface area contributed by atoms with Gasteiger partial charge in [0.25, 0.3) is 0 Å². The molecule has 55 heavy (non-hydrogen) atoms. The number of rotatable bonds is 39. The van der Waals surface area contributed by atoms with Crippen molar-refractivity contribution in [3.63, 3.8) is 0 Å². The Kier molecular flexibility index (Phi) is 36.3. The third-order valence-corrected chi connectivity index (χ3v) is 9.74. The molecular weight excluding hydrogens is 691 g/mol. The Morgan fingerprint density at radius 1 is 0.564 bits per heavy atom. The maximum Gasteiger partial charge on any atom is 0.362 e. The molecule has 0 fully saturated rings. The van der Waals surface area contributed by atoms with Gasteiger partial charge in [0.15, 0.2) is 12.1 Å². The number of ether oxygens (including phenoxy) is 3. The van der Waals surface area contributed by atoms with Crippen molar-refractivity contribution in [2.45, 2.75) is 193 Å². The minimum absolute atomic E-state index is 0.0544. The number of hydrogen-bond acceptors (Lipinski definition) is 6. The van der Waals surface area contributed by atoms with Crippen LogP contribution in [0.4, 0.5) is 0 Å². The van der Waals surface area contributed by atoms with Crippen molar-refractivity contribution >= 4 is 17.9 Å². The fourth-order valence-corrected chi connectivity index (χ4v) is 6.32. The number of nitrogens with zero attached hydrogens (tertiary/aromatic N) is 1. The molecule has 0 aliphatic heterocycles. The van der Waals surface area contributed by atoms with E-state index in [4.69, 9.17) is 14.2 Å². The highest BCUT2D eigenvalue weighted by molar-refractivity contribution is 5.72. The second-order valence-electron chi connectivity index (χ2n) is 15.9. The van der Waals surface area contributed by atoms with Gasteiger partial charge < -0.3 is 23.8 Å². The third-order valence-electron chi connectivity index (χ3n) is 9.74. The van der Waals surface area contributed by atoms with Crippen LogP contribution in [0.2, 0.25) is 0 Å². The van der Waals surface area contributed by atoms with Crippen LogP contribution < -0.4 is 0 Å². The zero-order chi connectivity index (χ0) is 40.7. The first-order valence-electron chi connectivity index (χ1n) is 22.2. The normalized spacial score (nSPS) is 13.4. The molecule has 0 radical (unpaired) electrons. The molecule has 1 N–H and O–H groups in total. The summed E-state index contributed by atoms with van der Waals surface area (Å²) < 4.78 is 17.3. The van der Waals surface area contributed by atoms with Gasteiger partial charge in [0.1, 0.15) is 6.61 Å². The third kappa shape index (κ3) is 36.7. The van der Waals surface area contributed by atoms with Crippen LogP contribution in [-0.2, 0) is 28.6 Å². The van der Waals surface area contributed by atoms with Crippen LogP contribution in [0.15, 0.2) is 48.6 Å². The molecule has 0 aliphatic rings. The summed E-state index contributed by atoms with van der Waals surface area (Å²) in [5.41, 5.74) is 0. The van der Waals surface area contributed by atoms with Gasteiger partial charge in [-0.1, -0.05) is 159 Å². The molecule has 8 nitrogen and oxygen atoms in total. The largest absolute Gasteiger partial charge is 0.477 e. The molecule has 0 bridgehead atoms. The van der Waals surface area contributed by atoms with Crippen LogP contribution in [0, 0.1) is 0 Å². The first-order valence-corrected chi connectivity index (χ1v) is 22.2. The van der Waals surface area contributed by atoms with E-state index in [-0.39, 0.29) is 36.2 Å². The van der Waals surface area contributed by atoms with Crippen molar-refractivity contribution in [3.05, 3.63) is 48.6 Å². The van der Waals surface area contributed by atoms with Crippen molar-refractivity contribution in [1.82, 2.24) is 0 Å². The fraction of sp³-hybridized carbons (Fsp3) is 0.766. The van der Waals surface area contributed by atoms with Crippen LogP contribution in [0.3, 0.4) is 0 Å². The minimum atomic E-state index is -0.878. The van der Waals surface area contributed by atoms with Gasteiger partial charge in [-0.2, -0.15) is 0 Å². The molecule has 0 saturated carbocycles. The lowest BCUT2D eigenvalue weighted by atomic mass is 10.1. The smallest absolute Gasteiger partial charge is 0.362 e. The van der Waals surface area contributed by atoms with E-state index in [2.05, 4.69) is 62.5 Å². The van der Waals surface area contributed by atoms with E-state index in [1.165, 1.54) is 77.0 Å². The lowest BCUT2D eigenvalue weighted by molar-refractivity contribution is -0.887. The molecule has 0 amide bonds. The minimum Gasteiger partial charge on any atom is -0.477 e. The Labute approximate surface area is 337 Å². The number of likely N-dealkylation sites (N-methyl/N-ethyl adjacent to an activating group) is 1. The topological polar surface area (TPSA) is 99.1 Å². The van der Waals surface area contributed by atoms with E-state index in [0.717, 1.165) is 70.6 Å². The molecule has 0 spiro atoms. The van der Waals surface area contributed by atoms with Crippen LogP contribution in [0.5, 0.6) is 0 Å². The molecule has 8 heteroatoms. The Morgan fingerprint density at radius 2 is 1.02 bits per heavy atom. The number of quaternary nitrogens is 1. The summed E-state index contributed by atoms with van der Waals surface area (Å²) in [6, 6.07) is -0.616. The predicted octanol–water partition coefficient (Wildman–Crippen LogP) is 12.0. The lowest BCUT2D eigenvalue weighted by Gasteiger charge is -2.31. The number of carboxylic acids is 1. The Balaban J connectivity index is 4.33. The van der Waals surface area contributed by atoms with Gasteiger partial charge >= 0.3 is 17.9 Å². The second kappa shape index (κ2) is 38.2. The number of unbranched alkanes of at least 4 members (excludes halogenated alkanes) is 17. The Morgan fingerprint density at radius 3 is 1.51 bits per heavy atom. The van der Waals surface area contributed by atoms with E-state index in [0.29, 0.717) is 19.3 Å². The maximum atomic E-state index is 12.7. The maximum absolute atomic E-state index is 12.7. The number of carboxylic acid groups (broad SMARTS) is 1. The highest BCUT2D eigenvalue weighted by Gasteiger charge is 2.31. The molecule has 0 saturated heterocycles. The van der Waals surface area contributed by atoms with Crippen molar-refractivity contribution < 1.29 is 38.2 Å². The molecule has 0 aromatic rings. The standard InChI is InChI=1S/C47H83NO7/c1-6-8-10-12-14-16-18-19-20-21-22-23-24-25-26-28-30-32-34-36-38-46(50)55-43(41-53-40-39-44(47(51)52)48(3,4)5)42-54-45(49)37-35-33-31-29-27-17-15-13-11-9-7-2/h8,10,14,16,19-20,22-23,43-44H,6-7,9,11-13,15,17-18,21,24-42H2,1-5H3/p+1/b10-8+,16-14+,20-19+,23-22+. The van der Waals surface area contributed by atoms with Crippen LogP contribution in [0.1, 0.15) is 181 Å². The zero-order valence-electron chi connectivity index (χ0n) is 36.1. The summed E-state index contributed by atoms with van der Waals surface area (Å²) >= 11 is 0. The summed E-state index contributed by atoms with van der Waals surface area (Å²) in [6.07, 6.45) is 44.3. The van der Waals surface area contributed by atoms with Gasteiger partial charge in [0.2, 0.25) is 0 Å². The molecule has 0 aromatic heterocycles. The average molecular weight is 775 g/mol. The molecular formula is C47H84NO7+. The van der Waals surface area contributed by atoms with Gasteiger partial charge in [-0.3, -0.25) is 9.59 Å². The average Bonchev–Trinajstić information content (AvgIpc) is 3.14. The summed E-state index contributed by atoms with van der Waals surface area (Å²) in [5.74, 6) is -1.48. The first kappa shape index (κ1) is 52.3. The molecule has 0 aromatic carbocycles. The van der Waals surface area contributed by atoms with Gasteiger partial charge in [-0.25, -0.2) is 4.79 Å². The summed E-state index contributed by atoms with van der Waals surface area (Å²) in [5, 5.41) is 9.61.